The van der Waals surface area contributed by atoms with Gasteiger partial charge < -0.3 is 9.15 Å². The van der Waals surface area contributed by atoms with Gasteiger partial charge in [-0.15, -0.1) is 0 Å². The molecule has 0 atom stereocenters. The summed E-state index contributed by atoms with van der Waals surface area (Å²) in [6.07, 6.45) is -0.355. The van der Waals surface area contributed by atoms with E-state index in [4.69, 9.17) is 9.15 Å². The lowest BCUT2D eigenvalue weighted by Crippen LogP contribution is -2.15. The van der Waals surface area contributed by atoms with E-state index in [1.165, 1.54) is 18.2 Å². The van der Waals surface area contributed by atoms with Crippen molar-refractivity contribution in [2.24, 2.45) is 0 Å². The maximum Gasteiger partial charge on any atom is 0.342 e. The van der Waals surface area contributed by atoms with Gasteiger partial charge in [-0.25, -0.2) is 13.2 Å². The standard InChI is InChI=1S/C24H22N2O7S/c1-13(2)32-24(27)22-15(4)33-23-18-8-6-5-7-17(18)20(12-19(22)23)25-34(30,31)21-11-16(26(28)29)10-9-14(21)3/h5-13,25H,1-4H3. The highest BCUT2D eigenvalue weighted by Crippen LogP contribution is 2.38. The molecular formula is C24H22N2O7S. The zero-order valence-electron chi connectivity index (χ0n) is 18.9. The summed E-state index contributed by atoms with van der Waals surface area (Å²) in [5.74, 6) is -0.231. The number of carbonyl (C=O) groups is 1. The van der Waals surface area contributed by atoms with Crippen molar-refractivity contribution in [2.45, 2.75) is 38.7 Å². The normalized spacial score (nSPS) is 11.8. The molecule has 34 heavy (non-hydrogen) atoms. The number of benzene rings is 3. The van der Waals surface area contributed by atoms with E-state index in [0.717, 1.165) is 6.07 Å². The summed E-state index contributed by atoms with van der Waals surface area (Å²) in [5, 5.41) is 12.7. The average Bonchev–Trinajstić information content (AvgIpc) is 3.09. The molecule has 1 aromatic heterocycles. The second-order valence-electron chi connectivity index (χ2n) is 8.15. The van der Waals surface area contributed by atoms with E-state index in [1.807, 2.05) is 0 Å². The Labute approximate surface area is 195 Å². The lowest BCUT2D eigenvalue weighted by atomic mass is 10.0. The van der Waals surface area contributed by atoms with E-state index in [0.29, 0.717) is 33.1 Å². The first-order valence-electron chi connectivity index (χ1n) is 10.4. The molecule has 0 unspecified atom stereocenters. The molecule has 176 valence electrons. The summed E-state index contributed by atoms with van der Waals surface area (Å²) >= 11 is 0. The number of anilines is 1. The van der Waals surface area contributed by atoms with Crippen molar-refractivity contribution in [3.63, 3.8) is 0 Å². The van der Waals surface area contributed by atoms with Gasteiger partial charge in [0.2, 0.25) is 0 Å². The molecule has 1 heterocycles. The molecule has 10 heteroatoms. The molecule has 3 aromatic carbocycles. The molecule has 4 aromatic rings. The van der Waals surface area contributed by atoms with Crippen molar-refractivity contribution in [1.29, 1.82) is 0 Å². The van der Waals surface area contributed by atoms with Crippen LogP contribution in [-0.4, -0.2) is 25.4 Å². The first kappa shape index (κ1) is 23.2. The quantitative estimate of drug-likeness (QED) is 0.219. The minimum absolute atomic E-state index is 0.202. The molecule has 0 radical (unpaired) electrons. The largest absolute Gasteiger partial charge is 0.460 e. The first-order valence-corrected chi connectivity index (χ1v) is 11.9. The fourth-order valence-corrected chi connectivity index (χ4v) is 5.18. The maximum absolute atomic E-state index is 13.3. The fraction of sp³-hybridized carbons (Fsp3) is 0.208. The summed E-state index contributed by atoms with van der Waals surface area (Å²) < 4.78 is 40.4. The van der Waals surface area contributed by atoms with E-state index in [-0.39, 0.29) is 27.9 Å². The lowest BCUT2D eigenvalue weighted by Gasteiger charge is -2.13. The van der Waals surface area contributed by atoms with Gasteiger partial charge in [-0.05, 0) is 39.3 Å². The molecule has 0 amide bonds. The van der Waals surface area contributed by atoms with Gasteiger partial charge in [-0.3, -0.25) is 14.8 Å². The van der Waals surface area contributed by atoms with Crippen molar-refractivity contribution in [1.82, 2.24) is 0 Å². The van der Waals surface area contributed by atoms with E-state index in [2.05, 4.69) is 4.72 Å². The van der Waals surface area contributed by atoms with Gasteiger partial charge in [0.25, 0.3) is 15.7 Å². The topological polar surface area (TPSA) is 129 Å². The van der Waals surface area contributed by atoms with Gasteiger partial charge >= 0.3 is 5.97 Å². The molecule has 0 spiro atoms. The summed E-state index contributed by atoms with van der Waals surface area (Å²) in [6.45, 7) is 6.65. The Morgan fingerprint density at radius 3 is 2.38 bits per heavy atom. The maximum atomic E-state index is 13.3. The SMILES string of the molecule is Cc1ccc([N+](=O)[O-])cc1S(=O)(=O)Nc1cc2c(C(=O)OC(C)C)c(C)oc2c2ccccc12. The van der Waals surface area contributed by atoms with Crippen LogP contribution >= 0.6 is 0 Å². The number of hydrogen-bond donors (Lipinski definition) is 1. The van der Waals surface area contributed by atoms with Crippen LogP contribution in [0.1, 0.15) is 35.5 Å². The van der Waals surface area contributed by atoms with Crippen molar-refractivity contribution in [2.75, 3.05) is 4.72 Å². The number of esters is 1. The number of rotatable bonds is 6. The van der Waals surface area contributed by atoms with Crippen LogP contribution in [-0.2, 0) is 14.8 Å². The van der Waals surface area contributed by atoms with Crippen LogP contribution in [0.2, 0.25) is 0 Å². The Morgan fingerprint density at radius 1 is 1.06 bits per heavy atom. The number of fused-ring (bicyclic) bond motifs is 3. The van der Waals surface area contributed by atoms with Crippen LogP contribution in [0.5, 0.6) is 0 Å². The molecule has 1 N–H and O–H groups in total. The Kier molecular flexibility index (Phi) is 5.78. The second kappa shape index (κ2) is 8.45. The number of sulfonamides is 1. The third kappa shape index (κ3) is 4.08. The lowest BCUT2D eigenvalue weighted by molar-refractivity contribution is -0.385. The number of nitrogens with one attached hydrogen (secondary N) is 1. The van der Waals surface area contributed by atoms with Crippen LogP contribution in [0.15, 0.2) is 57.8 Å². The van der Waals surface area contributed by atoms with Gasteiger partial charge in [-0.2, -0.15) is 0 Å². The number of carbonyl (C=O) groups excluding carboxylic acids is 1. The molecule has 0 aliphatic rings. The fourth-order valence-electron chi connectivity index (χ4n) is 3.84. The van der Waals surface area contributed by atoms with Crippen molar-refractivity contribution in [3.8, 4) is 0 Å². The molecule has 0 fully saturated rings. The van der Waals surface area contributed by atoms with Gasteiger partial charge in [0.05, 0.1) is 21.6 Å². The highest BCUT2D eigenvalue weighted by molar-refractivity contribution is 7.92. The highest BCUT2D eigenvalue weighted by Gasteiger charge is 2.26. The highest BCUT2D eigenvalue weighted by atomic mass is 32.2. The Hall–Kier alpha value is -3.92. The Morgan fingerprint density at radius 2 is 1.74 bits per heavy atom. The number of hydrogen-bond acceptors (Lipinski definition) is 7. The minimum atomic E-state index is -4.21. The monoisotopic (exact) mass is 482 g/mol. The molecule has 0 saturated carbocycles. The second-order valence-corrected chi connectivity index (χ2v) is 9.80. The summed E-state index contributed by atoms with van der Waals surface area (Å²) in [6, 6.07) is 12.2. The minimum Gasteiger partial charge on any atom is -0.460 e. The number of nitro benzene ring substituents is 1. The molecular weight excluding hydrogens is 460 g/mol. The smallest absolute Gasteiger partial charge is 0.342 e. The number of nitrogens with zero attached hydrogens (tertiary/aromatic N) is 1. The van der Waals surface area contributed by atoms with Crippen LogP contribution < -0.4 is 4.72 Å². The number of ether oxygens (including phenoxy) is 1. The molecule has 4 rings (SSSR count). The van der Waals surface area contributed by atoms with Crippen molar-refractivity contribution < 1.29 is 27.3 Å². The third-order valence-electron chi connectivity index (χ3n) is 5.33. The van der Waals surface area contributed by atoms with E-state index >= 15 is 0 Å². The zero-order valence-corrected chi connectivity index (χ0v) is 19.7. The molecule has 0 saturated heterocycles. The van der Waals surface area contributed by atoms with Gasteiger partial charge in [0.15, 0.2) is 0 Å². The zero-order chi connectivity index (χ0) is 24.8. The van der Waals surface area contributed by atoms with E-state index < -0.39 is 20.9 Å². The van der Waals surface area contributed by atoms with E-state index in [1.54, 1.807) is 52.0 Å². The first-order chi connectivity index (χ1) is 16.0. The molecule has 0 aliphatic heterocycles. The number of furan rings is 1. The average molecular weight is 483 g/mol. The van der Waals surface area contributed by atoms with Gasteiger partial charge in [0, 0.05) is 28.3 Å². The predicted octanol–water partition coefficient (Wildman–Crippen LogP) is 5.48. The van der Waals surface area contributed by atoms with Crippen LogP contribution in [0, 0.1) is 24.0 Å². The summed E-state index contributed by atoms with van der Waals surface area (Å²) in [7, 11) is -4.21. The Bertz CT molecular complexity index is 1570. The van der Waals surface area contributed by atoms with Gasteiger partial charge in [-0.1, -0.05) is 30.3 Å². The van der Waals surface area contributed by atoms with Gasteiger partial charge in [0.1, 0.15) is 16.9 Å². The number of aryl methyl sites for hydroxylation is 2. The molecule has 0 aliphatic carbocycles. The van der Waals surface area contributed by atoms with Crippen LogP contribution in [0.3, 0.4) is 0 Å². The number of nitro groups is 1. The number of non-ortho nitro benzene ring substituents is 1. The Balaban J connectivity index is 1.93. The van der Waals surface area contributed by atoms with Crippen LogP contribution in [0.4, 0.5) is 11.4 Å². The van der Waals surface area contributed by atoms with Crippen LogP contribution in [0.25, 0.3) is 21.7 Å². The van der Waals surface area contributed by atoms with Crippen molar-refractivity contribution >= 4 is 49.1 Å². The van der Waals surface area contributed by atoms with E-state index in [9.17, 15) is 23.3 Å². The third-order valence-corrected chi connectivity index (χ3v) is 6.84. The molecule has 0 bridgehead atoms. The summed E-state index contributed by atoms with van der Waals surface area (Å²) in [4.78, 5) is 23.1. The molecule has 9 nitrogen and oxygen atoms in total. The summed E-state index contributed by atoms with van der Waals surface area (Å²) in [5.41, 5.74) is 0.854. The van der Waals surface area contributed by atoms with Crippen molar-refractivity contribution in [3.05, 3.63) is 75.5 Å². The predicted molar refractivity (Wildman–Crippen MR) is 128 cm³/mol.